The van der Waals surface area contributed by atoms with Gasteiger partial charge in [-0.25, -0.2) is 0 Å². The van der Waals surface area contributed by atoms with E-state index < -0.39 is 0 Å². The van der Waals surface area contributed by atoms with E-state index in [1.165, 1.54) is 12.8 Å². The second-order valence-electron chi connectivity index (χ2n) is 4.68. The monoisotopic (exact) mass is 212 g/mol. The summed E-state index contributed by atoms with van der Waals surface area (Å²) in [5, 5.41) is 3.29. The van der Waals surface area contributed by atoms with Gasteiger partial charge in [0, 0.05) is 31.6 Å². The number of hydrogen-bond acceptors (Lipinski definition) is 2. The molecule has 0 aromatic heterocycles. The van der Waals surface area contributed by atoms with E-state index in [9.17, 15) is 4.79 Å². The first-order valence-electron chi connectivity index (χ1n) is 6.18. The van der Waals surface area contributed by atoms with Crippen molar-refractivity contribution in [3.63, 3.8) is 0 Å². The number of nitrogens with one attached hydrogen (secondary N) is 1. The van der Waals surface area contributed by atoms with Gasteiger partial charge in [-0.2, -0.15) is 0 Å². The third-order valence-electron chi connectivity index (χ3n) is 2.66. The van der Waals surface area contributed by atoms with Gasteiger partial charge in [0.15, 0.2) is 0 Å². The summed E-state index contributed by atoms with van der Waals surface area (Å²) in [6.45, 7) is 8.09. The number of carbonyl (C=O) groups excluding carboxylic acids is 1. The Morgan fingerprint density at radius 3 is 2.60 bits per heavy atom. The second kappa shape index (κ2) is 6.11. The van der Waals surface area contributed by atoms with Gasteiger partial charge in [0.2, 0.25) is 5.91 Å². The van der Waals surface area contributed by atoms with Crippen molar-refractivity contribution in [3.8, 4) is 0 Å². The van der Waals surface area contributed by atoms with Crippen LogP contribution in [0.1, 0.15) is 46.5 Å². The minimum atomic E-state index is 0.326. The first-order chi connectivity index (χ1) is 7.15. The smallest absolute Gasteiger partial charge is 0.224 e. The van der Waals surface area contributed by atoms with Gasteiger partial charge in [0.25, 0.3) is 0 Å². The molecule has 0 aromatic rings. The molecule has 15 heavy (non-hydrogen) atoms. The molecule has 0 radical (unpaired) electrons. The fraction of sp³-hybridized carbons (Fsp3) is 0.917. The molecule has 0 heterocycles. The van der Waals surface area contributed by atoms with Gasteiger partial charge in [-0.15, -0.1) is 0 Å². The van der Waals surface area contributed by atoms with Gasteiger partial charge in [-0.05, 0) is 19.3 Å². The third kappa shape index (κ3) is 4.65. The predicted octanol–water partition coefficient (Wildman–Crippen LogP) is 1.78. The summed E-state index contributed by atoms with van der Waals surface area (Å²) < 4.78 is 0. The second-order valence-corrected chi connectivity index (χ2v) is 4.68. The summed E-state index contributed by atoms with van der Waals surface area (Å²) in [6, 6.07) is 1.04. The van der Waals surface area contributed by atoms with Crippen molar-refractivity contribution in [1.82, 2.24) is 10.2 Å². The molecule has 1 fully saturated rings. The maximum absolute atomic E-state index is 11.9. The molecule has 1 amide bonds. The summed E-state index contributed by atoms with van der Waals surface area (Å²) in [5.41, 5.74) is 0. The number of rotatable bonds is 7. The molecule has 0 spiro atoms. The Bertz CT molecular complexity index is 200. The lowest BCUT2D eigenvalue weighted by Gasteiger charge is -2.22. The summed E-state index contributed by atoms with van der Waals surface area (Å²) in [7, 11) is 0. The number of nitrogens with zero attached hydrogens (tertiary/aromatic N) is 1. The Hall–Kier alpha value is -0.570. The van der Waals surface area contributed by atoms with Crippen molar-refractivity contribution >= 4 is 5.91 Å². The van der Waals surface area contributed by atoms with Crippen LogP contribution in [0.5, 0.6) is 0 Å². The zero-order chi connectivity index (χ0) is 11.3. The van der Waals surface area contributed by atoms with Gasteiger partial charge in [-0.1, -0.05) is 20.8 Å². The zero-order valence-electron chi connectivity index (χ0n) is 10.3. The quantitative estimate of drug-likeness (QED) is 0.697. The summed E-state index contributed by atoms with van der Waals surface area (Å²) in [5.74, 6) is 0.326. The lowest BCUT2D eigenvalue weighted by atomic mass is 10.3. The molecular formula is C12H24N2O. The zero-order valence-corrected chi connectivity index (χ0v) is 10.3. The SMILES string of the molecule is CCCN(C(=O)CCNC(C)C)C1CC1. The molecule has 0 aromatic carbocycles. The molecule has 0 saturated heterocycles. The Kier molecular flexibility index (Phi) is 5.09. The van der Waals surface area contributed by atoms with E-state index in [2.05, 4.69) is 31.0 Å². The average Bonchev–Trinajstić information content (AvgIpc) is 2.96. The fourth-order valence-corrected chi connectivity index (χ4v) is 1.75. The van der Waals surface area contributed by atoms with Crippen LogP contribution in [0.3, 0.4) is 0 Å². The molecule has 0 aliphatic heterocycles. The highest BCUT2D eigenvalue weighted by molar-refractivity contribution is 5.77. The maximum Gasteiger partial charge on any atom is 0.224 e. The first kappa shape index (κ1) is 12.5. The topological polar surface area (TPSA) is 32.3 Å². The van der Waals surface area contributed by atoms with Crippen molar-refractivity contribution in [3.05, 3.63) is 0 Å². The lowest BCUT2D eigenvalue weighted by Crippen LogP contribution is -2.36. The van der Waals surface area contributed by atoms with Crippen LogP contribution < -0.4 is 5.32 Å². The van der Waals surface area contributed by atoms with E-state index in [-0.39, 0.29) is 0 Å². The van der Waals surface area contributed by atoms with Gasteiger partial charge in [0.05, 0.1) is 0 Å². The third-order valence-corrected chi connectivity index (χ3v) is 2.66. The standard InChI is InChI=1S/C12H24N2O/c1-4-9-14(11-5-6-11)12(15)7-8-13-10(2)3/h10-11,13H,4-9H2,1-3H3. The molecule has 1 aliphatic carbocycles. The molecule has 1 saturated carbocycles. The molecule has 3 heteroatoms. The Morgan fingerprint density at radius 2 is 2.13 bits per heavy atom. The van der Waals surface area contributed by atoms with Crippen molar-refractivity contribution < 1.29 is 4.79 Å². The summed E-state index contributed by atoms with van der Waals surface area (Å²) in [4.78, 5) is 14.0. The Labute approximate surface area is 93.2 Å². The minimum absolute atomic E-state index is 0.326. The van der Waals surface area contributed by atoms with Crippen LogP contribution in [-0.2, 0) is 4.79 Å². The largest absolute Gasteiger partial charge is 0.340 e. The van der Waals surface area contributed by atoms with Crippen LogP contribution in [0.4, 0.5) is 0 Å². The van der Waals surface area contributed by atoms with E-state index in [1.54, 1.807) is 0 Å². The highest BCUT2D eigenvalue weighted by atomic mass is 16.2. The van der Waals surface area contributed by atoms with Crippen LogP contribution >= 0.6 is 0 Å². The molecule has 1 N–H and O–H groups in total. The van der Waals surface area contributed by atoms with Gasteiger partial charge in [-0.3, -0.25) is 4.79 Å². The van der Waals surface area contributed by atoms with Crippen LogP contribution in [0.2, 0.25) is 0 Å². The Balaban J connectivity index is 2.23. The number of amides is 1. The first-order valence-corrected chi connectivity index (χ1v) is 6.18. The van der Waals surface area contributed by atoms with Crippen LogP contribution in [-0.4, -0.2) is 36.0 Å². The van der Waals surface area contributed by atoms with Gasteiger partial charge in [0.1, 0.15) is 0 Å². The van der Waals surface area contributed by atoms with Gasteiger partial charge >= 0.3 is 0 Å². The van der Waals surface area contributed by atoms with Crippen molar-refractivity contribution in [2.45, 2.75) is 58.5 Å². The lowest BCUT2D eigenvalue weighted by molar-refractivity contribution is -0.131. The molecular weight excluding hydrogens is 188 g/mol. The van der Waals surface area contributed by atoms with E-state index in [0.717, 1.165) is 19.5 Å². The maximum atomic E-state index is 11.9. The predicted molar refractivity (Wildman–Crippen MR) is 62.8 cm³/mol. The molecule has 0 unspecified atom stereocenters. The van der Waals surface area contributed by atoms with E-state index in [1.807, 2.05) is 0 Å². The van der Waals surface area contributed by atoms with Crippen LogP contribution in [0, 0.1) is 0 Å². The fourth-order valence-electron chi connectivity index (χ4n) is 1.75. The highest BCUT2D eigenvalue weighted by Gasteiger charge is 2.31. The van der Waals surface area contributed by atoms with Gasteiger partial charge < -0.3 is 10.2 Å². The molecule has 0 bridgehead atoms. The van der Waals surface area contributed by atoms with Crippen molar-refractivity contribution in [1.29, 1.82) is 0 Å². The summed E-state index contributed by atoms with van der Waals surface area (Å²) in [6.07, 6.45) is 4.14. The molecule has 1 rings (SSSR count). The van der Waals surface area contributed by atoms with Crippen molar-refractivity contribution in [2.24, 2.45) is 0 Å². The Morgan fingerprint density at radius 1 is 1.47 bits per heavy atom. The van der Waals surface area contributed by atoms with Crippen LogP contribution in [0.15, 0.2) is 0 Å². The molecule has 3 nitrogen and oxygen atoms in total. The van der Waals surface area contributed by atoms with E-state index in [4.69, 9.17) is 0 Å². The normalized spacial score (nSPS) is 15.7. The minimum Gasteiger partial charge on any atom is -0.340 e. The van der Waals surface area contributed by atoms with Crippen LogP contribution in [0.25, 0.3) is 0 Å². The molecule has 88 valence electrons. The number of hydrogen-bond donors (Lipinski definition) is 1. The average molecular weight is 212 g/mol. The summed E-state index contributed by atoms with van der Waals surface area (Å²) >= 11 is 0. The van der Waals surface area contributed by atoms with E-state index in [0.29, 0.717) is 24.4 Å². The van der Waals surface area contributed by atoms with E-state index >= 15 is 0 Å². The molecule has 1 aliphatic rings. The molecule has 0 atom stereocenters. The highest BCUT2D eigenvalue weighted by Crippen LogP contribution is 2.27. The van der Waals surface area contributed by atoms with Crippen molar-refractivity contribution in [2.75, 3.05) is 13.1 Å². The number of carbonyl (C=O) groups is 1.